The number of rotatable bonds is 20. The molecule has 2 unspecified atom stereocenters. The van der Waals surface area contributed by atoms with Gasteiger partial charge < -0.3 is 14.6 Å². The van der Waals surface area contributed by atoms with E-state index in [4.69, 9.17) is 9.47 Å². The highest BCUT2D eigenvalue weighted by atomic mass is 16.5. The van der Waals surface area contributed by atoms with E-state index < -0.39 is 0 Å². The quantitative estimate of drug-likeness (QED) is 0.187. The van der Waals surface area contributed by atoms with Gasteiger partial charge >= 0.3 is 0 Å². The minimum absolute atomic E-state index is 0.271. The molecular formula is C29H58O3. The monoisotopic (exact) mass is 454 g/mol. The largest absolute Gasteiger partial charge is 0.391 e. The highest BCUT2D eigenvalue weighted by molar-refractivity contribution is 4.64. The lowest BCUT2D eigenvalue weighted by molar-refractivity contribution is -0.0149. The van der Waals surface area contributed by atoms with E-state index in [1.807, 2.05) is 0 Å². The molecule has 32 heavy (non-hydrogen) atoms. The number of aliphatic hydroxyl groups excluding tert-OH is 1. The minimum atomic E-state index is -0.271. The van der Waals surface area contributed by atoms with Crippen LogP contribution in [0.25, 0.3) is 0 Å². The van der Waals surface area contributed by atoms with Gasteiger partial charge in [0.2, 0.25) is 0 Å². The Balaban J connectivity index is 1.76. The smallest absolute Gasteiger partial charge is 0.0773 e. The molecule has 0 amide bonds. The molecule has 1 saturated heterocycles. The number of ether oxygens (including phenoxy) is 2. The lowest BCUT2D eigenvalue weighted by Crippen LogP contribution is -2.22. The first-order valence-electron chi connectivity index (χ1n) is 14.7. The highest BCUT2D eigenvalue weighted by Gasteiger charge is 2.13. The van der Waals surface area contributed by atoms with Gasteiger partial charge in [0.05, 0.1) is 18.8 Å². The van der Waals surface area contributed by atoms with Gasteiger partial charge in [0.25, 0.3) is 0 Å². The predicted molar refractivity (Wildman–Crippen MR) is 138 cm³/mol. The van der Waals surface area contributed by atoms with Gasteiger partial charge in [0.1, 0.15) is 0 Å². The van der Waals surface area contributed by atoms with Crippen LogP contribution in [0.1, 0.15) is 155 Å². The molecule has 0 aromatic carbocycles. The van der Waals surface area contributed by atoms with Gasteiger partial charge in [-0.15, -0.1) is 0 Å². The van der Waals surface area contributed by atoms with Gasteiger partial charge in [-0.05, 0) is 25.7 Å². The van der Waals surface area contributed by atoms with Crippen molar-refractivity contribution in [3.8, 4) is 0 Å². The summed E-state index contributed by atoms with van der Waals surface area (Å²) in [5.41, 5.74) is 0. The van der Waals surface area contributed by atoms with Gasteiger partial charge in [-0.1, -0.05) is 129 Å². The summed E-state index contributed by atoms with van der Waals surface area (Å²) in [6.45, 7) is 4.42. The minimum Gasteiger partial charge on any atom is -0.391 e. The number of hydrogen-bond donors (Lipinski definition) is 1. The molecule has 3 nitrogen and oxygen atoms in total. The SMILES string of the molecule is CCCCCCCCCCCCCCCCCCCCOC1CCCCC(O)COCC1. The summed E-state index contributed by atoms with van der Waals surface area (Å²) >= 11 is 0. The van der Waals surface area contributed by atoms with Gasteiger partial charge in [0.15, 0.2) is 0 Å². The Kier molecular flexibility index (Phi) is 22.5. The van der Waals surface area contributed by atoms with Gasteiger partial charge in [-0.25, -0.2) is 0 Å². The fourth-order valence-electron chi connectivity index (χ4n) is 4.83. The number of aliphatic hydroxyl groups is 1. The van der Waals surface area contributed by atoms with Crippen LogP contribution in [0.3, 0.4) is 0 Å². The zero-order chi connectivity index (χ0) is 23.0. The molecule has 1 aliphatic rings. The topological polar surface area (TPSA) is 38.7 Å². The second-order valence-corrected chi connectivity index (χ2v) is 10.3. The van der Waals surface area contributed by atoms with Crippen LogP contribution in [0.15, 0.2) is 0 Å². The van der Waals surface area contributed by atoms with Crippen molar-refractivity contribution in [2.24, 2.45) is 0 Å². The first-order valence-corrected chi connectivity index (χ1v) is 14.7. The molecule has 1 rings (SSSR count). The van der Waals surface area contributed by atoms with Gasteiger partial charge in [-0.3, -0.25) is 0 Å². The normalized spacial score (nSPS) is 20.4. The van der Waals surface area contributed by atoms with E-state index in [1.165, 1.54) is 122 Å². The average Bonchev–Trinajstić information content (AvgIpc) is 2.80. The van der Waals surface area contributed by atoms with Crippen LogP contribution < -0.4 is 0 Å². The van der Waals surface area contributed by atoms with E-state index in [9.17, 15) is 5.11 Å². The Morgan fingerprint density at radius 3 is 1.62 bits per heavy atom. The molecule has 192 valence electrons. The third-order valence-corrected chi connectivity index (χ3v) is 7.06. The van der Waals surface area contributed by atoms with Crippen molar-refractivity contribution in [1.29, 1.82) is 0 Å². The van der Waals surface area contributed by atoms with E-state index in [-0.39, 0.29) is 6.10 Å². The van der Waals surface area contributed by atoms with Crippen LogP contribution in [-0.4, -0.2) is 37.1 Å². The first-order chi connectivity index (χ1) is 15.8. The summed E-state index contributed by atoms with van der Waals surface area (Å²) in [6.07, 6.45) is 30.8. The summed E-state index contributed by atoms with van der Waals surface area (Å²) in [6, 6.07) is 0. The van der Waals surface area contributed by atoms with Crippen molar-refractivity contribution < 1.29 is 14.6 Å². The lowest BCUT2D eigenvalue weighted by atomic mass is 10.0. The Hall–Kier alpha value is -0.120. The molecule has 0 saturated carbocycles. The maximum Gasteiger partial charge on any atom is 0.0773 e. The average molecular weight is 455 g/mol. The van der Waals surface area contributed by atoms with E-state index >= 15 is 0 Å². The third-order valence-electron chi connectivity index (χ3n) is 7.06. The van der Waals surface area contributed by atoms with Crippen LogP contribution in [-0.2, 0) is 9.47 Å². The molecule has 0 bridgehead atoms. The molecule has 1 N–H and O–H groups in total. The molecular weight excluding hydrogens is 396 g/mol. The second kappa shape index (κ2) is 24.0. The number of hydrogen-bond acceptors (Lipinski definition) is 3. The summed E-state index contributed by atoms with van der Waals surface area (Å²) in [4.78, 5) is 0. The van der Waals surface area contributed by atoms with Crippen molar-refractivity contribution >= 4 is 0 Å². The van der Waals surface area contributed by atoms with Crippen LogP contribution in [0, 0.1) is 0 Å². The van der Waals surface area contributed by atoms with Gasteiger partial charge in [-0.2, -0.15) is 0 Å². The molecule has 1 heterocycles. The molecule has 3 heteroatoms. The highest BCUT2D eigenvalue weighted by Crippen LogP contribution is 2.16. The summed E-state index contributed by atoms with van der Waals surface area (Å²) in [7, 11) is 0. The maximum atomic E-state index is 9.72. The third kappa shape index (κ3) is 20.5. The zero-order valence-corrected chi connectivity index (χ0v) is 21.8. The molecule has 1 aliphatic heterocycles. The van der Waals surface area contributed by atoms with Crippen molar-refractivity contribution in [2.75, 3.05) is 19.8 Å². The van der Waals surface area contributed by atoms with Crippen molar-refractivity contribution in [3.05, 3.63) is 0 Å². The molecule has 1 fully saturated rings. The number of unbranched alkanes of at least 4 members (excludes halogenated alkanes) is 17. The van der Waals surface area contributed by atoms with Gasteiger partial charge in [0, 0.05) is 13.2 Å². The van der Waals surface area contributed by atoms with E-state index in [1.54, 1.807) is 0 Å². The van der Waals surface area contributed by atoms with Crippen molar-refractivity contribution in [2.45, 2.75) is 167 Å². The van der Waals surface area contributed by atoms with Crippen LogP contribution in [0.4, 0.5) is 0 Å². The molecule has 0 radical (unpaired) electrons. The summed E-state index contributed by atoms with van der Waals surface area (Å²) < 4.78 is 11.7. The lowest BCUT2D eigenvalue weighted by Gasteiger charge is -2.21. The standard InChI is InChI=1S/C29H58O3/c1-2-3-4-5-6-7-8-9-10-11-12-13-14-15-16-17-18-21-25-32-29-23-20-19-22-28(30)27-31-26-24-29/h28-30H,2-27H2,1H3. The Labute approximate surface area is 201 Å². The maximum absolute atomic E-state index is 9.72. The molecule has 0 aliphatic carbocycles. The second-order valence-electron chi connectivity index (χ2n) is 10.3. The van der Waals surface area contributed by atoms with E-state index in [2.05, 4.69) is 6.92 Å². The van der Waals surface area contributed by atoms with Crippen LogP contribution >= 0.6 is 0 Å². The van der Waals surface area contributed by atoms with Crippen LogP contribution in [0.2, 0.25) is 0 Å². The molecule has 2 atom stereocenters. The van der Waals surface area contributed by atoms with Crippen molar-refractivity contribution in [3.63, 3.8) is 0 Å². The molecule has 0 aromatic heterocycles. The molecule has 0 aromatic rings. The first kappa shape index (κ1) is 29.9. The zero-order valence-electron chi connectivity index (χ0n) is 21.8. The Morgan fingerprint density at radius 2 is 1.09 bits per heavy atom. The van der Waals surface area contributed by atoms with Crippen LogP contribution in [0.5, 0.6) is 0 Å². The van der Waals surface area contributed by atoms with Crippen molar-refractivity contribution in [1.82, 2.24) is 0 Å². The Bertz CT molecular complexity index is 348. The fourth-order valence-corrected chi connectivity index (χ4v) is 4.83. The summed E-state index contributed by atoms with van der Waals surface area (Å²) in [5, 5.41) is 9.72. The predicted octanol–water partition coefficient (Wildman–Crippen LogP) is 8.75. The Morgan fingerprint density at radius 1 is 0.625 bits per heavy atom. The fraction of sp³-hybridized carbons (Fsp3) is 1.00. The van der Waals surface area contributed by atoms with E-state index in [0.29, 0.717) is 12.7 Å². The summed E-state index contributed by atoms with van der Waals surface area (Å²) in [5.74, 6) is 0. The molecule has 0 spiro atoms. The van der Waals surface area contributed by atoms with E-state index in [0.717, 1.165) is 38.9 Å².